The van der Waals surface area contributed by atoms with Gasteiger partial charge in [-0.05, 0) is 6.42 Å². The largest absolute Gasteiger partial charge is 0.294 e. The van der Waals surface area contributed by atoms with E-state index in [1.807, 2.05) is 43.4 Å². The third kappa shape index (κ3) is 2.36. The number of ketones is 2. The summed E-state index contributed by atoms with van der Waals surface area (Å²) in [6.07, 6.45) is 12.9. The van der Waals surface area contributed by atoms with Crippen LogP contribution in [0.4, 0.5) is 0 Å². The molecule has 2 rings (SSSR count). The van der Waals surface area contributed by atoms with Gasteiger partial charge in [0.15, 0.2) is 11.6 Å². The Balaban J connectivity index is 2.33. The van der Waals surface area contributed by atoms with Crippen LogP contribution < -0.4 is 0 Å². The van der Waals surface area contributed by atoms with E-state index in [9.17, 15) is 9.59 Å². The van der Waals surface area contributed by atoms with Crippen molar-refractivity contribution in [2.75, 3.05) is 0 Å². The van der Waals surface area contributed by atoms with Gasteiger partial charge in [0.25, 0.3) is 0 Å². The summed E-state index contributed by atoms with van der Waals surface area (Å²) in [4.78, 5) is 23.7. The molecule has 0 spiro atoms. The van der Waals surface area contributed by atoms with Gasteiger partial charge >= 0.3 is 0 Å². The van der Waals surface area contributed by atoms with Gasteiger partial charge in [0.1, 0.15) is 0 Å². The molecule has 2 heteroatoms. The van der Waals surface area contributed by atoms with E-state index < -0.39 is 0 Å². The molecule has 2 nitrogen and oxygen atoms in total. The van der Waals surface area contributed by atoms with E-state index in [-0.39, 0.29) is 17.5 Å². The van der Waals surface area contributed by atoms with Crippen LogP contribution in [0.15, 0.2) is 47.6 Å². The van der Waals surface area contributed by atoms with Gasteiger partial charge in [-0.15, -0.1) is 0 Å². The van der Waals surface area contributed by atoms with Crippen molar-refractivity contribution in [3.8, 4) is 0 Å². The number of Topliss-reactive ketones (excluding diaryl/α,β-unsaturated/α-hetero) is 2. The lowest BCUT2D eigenvalue weighted by Gasteiger charge is -2.22. The molecule has 2 aliphatic rings. The first-order valence-corrected chi connectivity index (χ1v) is 6.04. The minimum atomic E-state index is -0.0371. The van der Waals surface area contributed by atoms with Crippen LogP contribution in [0.25, 0.3) is 0 Å². The molecule has 0 bridgehead atoms. The van der Waals surface area contributed by atoms with Gasteiger partial charge in [-0.25, -0.2) is 0 Å². The van der Waals surface area contributed by atoms with Crippen LogP contribution >= 0.6 is 0 Å². The zero-order valence-corrected chi connectivity index (χ0v) is 9.98. The Hall–Kier alpha value is -1.70. The number of hydrogen-bond donors (Lipinski definition) is 0. The van der Waals surface area contributed by atoms with Gasteiger partial charge in [0.2, 0.25) is 0 Å². The van der Waals surface area contributed by atoms with Crippen molar-refractivity contribution >= 4 is 11.6 Å². The first kappa shape index (κ1) is 11.8. The summed E-state index contributed by atoms with van der Waals surface area (Å²) >= 11 is 0. The van der Waals surface area contributed by atoms with E-state index in [0.29, 0.717) is 12.8 Å². The van der Waals surface area contributed by atoms with Crippen LogP contribution in [0.1, 0.15) is 26.2 Å². The highest BCUT2D eigenvalue weighted by molar-refractivity contribution is 6.04. The Bertz CT molecular complexity index is 419. The van der Waals surface area contributed by atoms with Crippen LogP contribution in [0.2, 0.25) is 0 Å². The van der Waals surface area contributed by atoms with Crippen LogP contribution in [-0.4, -0.2) is 11.6 Å². The Morgan fingerprint density at radius 2 is 1.47 bits per heavy atom. The second-order valence-corrected chi connectivity index (χ2v) is 4.32. The first-order valence-electron chi connectivity index (χ1n) is 6.04. The minimum absolute atomic E-state index is 0.0371. The summed E-state index contributed by atoms with van der Waals surface area (Å²) in [5, 5.41) is 0. The molecule has 0 aliphatic heterocycles. The molecule has 0 saturated heterocycles. The smallest absolute Gasteiger partial charge is 0.163 e. The van der Waals surface area contributed by atoms with E-state index in [1.54, 1.807) is 0 Å². The van der Waals surface area contributed by atoms with Gasteiger partial charge in [0, 0.05) is 29.9 Å². The second kappa shape index (κ2) is 5.09. The summed E-state index contributed by atoms with van der Waals surface area (Å²) in [5.74, 6) is 0.245. The summed E-state index contributed by atoms with van der Waals surface area (Å²) in [6.45, 7) is 2.02. The predicted octanol–water partition coefficient (Wildman–Crippen LogP) is 2.92. The molecule has 0 heterocycles. The molecule has 88 valence electrons. The third-order valence-corrected chi connectivity index (χ3v) is 3.23. The topological polar surface area (TPSA) is 34.1 Å². The lowest BCUT2D eigenvalue weighted by molar-refractivity contribution is -0.115. The molecule has 0 radical (unpaired) electrons. The van der Waals surface area contributed by atoms with Crippen molar-refractivity contribution in [2.24, 2.45) is 5.92 Å². The van der Waals surface area contributed by atoms with E-state index in [1.165, 1.54) is 0 Å². The Kier molecular flexibility index (Phi) is 3.52. The zero-order chi connectivity index (χ0) is 12.3. The van der Waals surface area contributed by atoms with Gasteiger partial charge in [-0.3, -0.25) is 9.59 Å². The monoisotopic (exact) mass is 228 g/mol. The minimum Gasteiger partial charge on any atom is -0.294 e. The van der Waals surface area contributed by atoms with Crippen LogP contribution in [-0.2, 0) is 9.59 Å². The predicted molar refractivity (Wildman–Crippen MR) is 67.5 cm³/mol. The summed E-state index contributed by atoms with van der Waals surface area (Å²) < 4.78 is 0. The Morgan fingerprint density at radius 3 is 1.82 bits per heavy atom. The van der Waals surface area contributed by atoms with Crippen molar-refractivity contribution in [2.45, 2.75) is 26.2 Å². The maximum absolute atomic E-state index is 11.9. The Labute approximate surface area is 101 Å². The molecule has 2 aliphatic carbocycles. The highest BCUT2D eigenvalue weighted by Crippen LogP contribution is 2.30. The van der Waals surface area contributed by atoms with Crippen molar-refractivity contribution in [3.63, 3.8) is 0 Å². The van der Waals surface area contributed by atoms with Gasteiger partial charge < -0.3 is 0 Å². The molecule has 0 aromatic rings. The molecule has 0 atom stereocenters. The highest BCUT2D eigenvalue weighted by atomic mass is 16.1. The molecule has 0 aromatic carbocycles. The molecule has 17 heavy (non-hydrogen) atoms. The normalized spacial score (nSPS) is 19.6. The molecule has 0 N–H and O–H groups in total. The average Bonchev–Trinajstić information content (AvgIpc) is 2.34. The van der Waals surface area contributed by atoms with E-state index in [0.717, 1.165) is 17.6 Å². The summed E-state index contributed by atoms with van der Waals surface area (Å²) in [7, 11) is 0. The standard InChI is InChI=1S/C15H16O2/c1-2-11(12-7-3-5-9-14(12)16)13-8-4-6-10-15(13)17/h3-8,11H,2,9-10H2,1H3. The molecule has 0 aromatic heterocycles. The number of rotatable bonds is 3. The van der Waals surface area contributed by atoms with Crippen LogP contribution in [0.3, 0.4) is 0 Å². The first-order chi connectivity index (χ1) is 8.24. The molecular weight excluding hydrogens is 212 g/mol. The number of hydrogen-bond acceptors (Lipinski definition) is 2. The SMILES string of the molecule is CCC(C1=CC=CCC1=O)C1=CC=CCC1=O. The number of carbonyl (C=O) groups excluding carboxylic acids is 2. The van der Waals surface area contributed by atoms with Gasteiger partial charge in [0.05, 0.1) is 0 Å². The van der Waals surface area contributed by atoms with Crippen molar-refractivity contribution in [1.29, 1.82) is 0 Å². The van der Waals surface area contributed by atoms with Gasteiger partial charge in [-0.2, -0.15) is 0 Å². The van der Waals surface area contributed by atoms with E-state index in [2.05, 4.69) is 0 Å². The Morgan fingerprint density at radius 1 is 1.00 bits per heavy atom. The molecule has 0 saturated carbocycles. The lowest BCUT2D eigenvalue weighted by Crippen LogP contribution is -2.21. The zero-order valence-electron chi connectivity index (χ0n) is 9.98. The maximum Gasteiger partial charge on any atom is 0.163 e. The van der Waals surface area contributed by atoms with Gasteiger partial charge in [-0.1, -0.05) is 43.4 Å². The molecule has 0 unspecified atom stereocenters. The van der Waals surface area contributed by atoms with Crippen LogP contribution in [0.5, 0.6) is 0 Å². The molecule has 0 fully saturated rings. The number of carbonyl (C=O) groups is 2. The lowest BCUT2D eigenvalue weighted by atomic mass is 9.80. The average molecular weight is 228 g/mol. The van der Waals surface area contributed by atoms with Crippen molar-refractivity contribution in [3.05, 3.63) is 47.6 Å². The van der Waals surface area contributed by atoms with E-state index >= 15 is 0 Å². The highest BCUT2D eigenvalue weighted by Gasteiger charge is 2.26. The van der Waals surface area contributed by atoms with E-state index in [4.69, 9.17) is 0 Å². The summed E-state index contributed by atoms with van der Waals surface area (Å²) in [6, 6.07) is 0. The quantitative estimate of drug-likeness (QED) is 0.744. The maximum atomic E-state index is 11.9. The van der Waals surface area contributed by atoms with Crippen LogP contribution in [0, 0.1) is 5.92 Å². The summed E-state index contributed by atoms with van der Waals surface area (Å²) in [5.41, 5.74) is 1.56. The molecular formula is C15H16O2. The third-order valence-electron chi connectivity index (χ3n) is 3.23. The van der Waals surface area contributed by atoms with Crippen molar-refractivity contribution < 1.29 is 9.59 Å². The number of allylic oxidation sites excluding steroid dienone is 8. The molecule has 0 amide bonds. The fourth-order valence-electron chi connectivity index (χ4n) is 2.34. The van der Waals surface area contributed by atoms with Crippen molar-refractivity contribution in [1.82, 2.24) is 0 Å². The second-order valence-electron chi connectivity index (χ2n) is 4.32. The fraction of sp³-hybridized carbons (Fsp3) is 0.333. The fourth-order valence-corrected chi connectivity index (χ4v) is 2.34.